The highest BCUT2D eigenvalue weighted by Crippen LogP contribution is 2.22. The molecular weight excluding hydrogens is 312 g/mol. The maximum atomic E-state index is 3.82. The summed E-state index contributed by atoms with van der Waals surface area (Å²) in [6.45, 7) is 19.5. The van der Waals surface area contributed by atoms with Crippen LogP contribution in [0.5, 0.6) is 0 Å². The average molecular weight is 349 g/mol. The van der Waals surface area contributed by atoms with E-state index in [2.05, 4.69) is 61.7 Å². The van der Waals surface area contributed by atoms with Crippen LogP contribution in [0.25, 0.3) is 16.7 Å². The van der Waals surface area contributed by atoms with Crippen molar-refractivity contribution in [2.24, 2.45) is 0 Å². The van der Waals surface area contributed by atoms with E-state index in [1.807, 2.05) is 71.9 Å². The first-order chi connectivity index (χ1) is 12.8. The van der Waals surface area contributed by atoms with Gasteiger partial charge in [0.25, 0.3) is 0 Å². The third-order valence-corrected chi connectivity index (χ3v) is 3.18. The van der Waals surface area contributed by atoms with Gasteiger partial charge in [0.2, 0.25) is 0 Å². The lowest BCUT2D eigenvalue weighted by Crippen LogP contribution is -1.82. The van der Waals surface area contributed by atoms with Gasteiger partial charge in [0.15, 0.2) is 0 Å². The van der Waals surface area contributed by atoms with Crippen molar-refractivity contribution < 1.29 is 0 Å². The van der Waals surface area contributed by atoms with Gasteiger partial charge in [-0.15, -0.1) is 0 Å². The summed E-state index contributed by atoms with van der Waals surface area (Å²) < 4.78 is 0. The van der Waals surface area contributed by atoms with Crippen LogP contribution in [0.1, 0.15) is 47.1 Å². The maximum absolute atomic E-state index is 3.82. The molecule has 2 aromatic carbocycles. The molecule has 0 fully saturated rings. The molecule has 0 aliphatic carbocycles. The molecule has 0 atom stereocenters. The van der Waals surface area contributed by atoms with Crippen molar-refractivity contribution in [3.63, 3.8) is 0 Å². The molecule has 26 heavy (non-hydrogen) atoms. The normalized spacial score (nSPS) is 9.54. The Kier molecular flexibility index (Phi) is 18.5. The van der Waals surface area contributed by atoms with Gasteiger partial charge in [-0.3, -0.25) is 0 Å². The lowest BCUT2D eigenvalue weighted by molar-refractivity contribution is 1.50. The van der Waals surface area contributed by atoms with Crippen LogP contribution < -0.4 is 0 Å². The fourth-order valence-electron chi connectivity index (χ4n) is 1.89. The quantitative estimate of drug-likeness (QED) is 0.382. The van der Waals surface area contributed by atoms with Crippen LogP contribution in [0.2, 0.25) is 0 Å². The van der Waals surface area contributed by atoms with Crippen LogP contribution in [0, 0.1) is 0 Å². The molecule has 0 unspecified atom stereocenters. The molecule has 0 aliphatic rings. The van der Waals surface area contributed by atoms with Crippen molar-refractivity contribution in [3.05, 3.63) is 104 Å². The standard InChI is InChI=1S/C18H16.C4H8.2C2H6/c1-3-8-15(4-2)17-11-13-18(14-12-17)16-9-6-5-7-10-16;1-3-4-2;2*1-2/h3-14H,1-2H2;3-4H,1-2H3;2*1-2H3/b15-8+;4-3-;;. The molecule has 0 aromatic heterocycles. The highest BCUT2D eigenvalue weighted by atomic mass is 14.0. The Bertz CT molecular complexity index is 621. The van der Waals surface area contributed by atoms with E-state index in [0.717, 1.165) is 11.1 Å². The molecule has 0 bridgehead atoms. The van der Waals surface area contributed by atoms with Crippen LogP contribution >= 0.6 is 0 Å². The molecule has 0 N–H and O–H groups in total. The molecule has 2 rings (SSSR count). The Morgan fingerprint density at radius 3 is 1.54 bits per heavy atom. The number of rotatable bonds is 4. The van der Waals surface area contributed by atoms with Gasteiger partial charge in [-0.05, 0) is 36.1 Å². The first kappa shape index (κ1) is 25.6. The molecular formula is C26H36. The highest BCUT2D eigenvalue weighted by molar-refractivity contribution is 5.76. The Hall–Kier alpha value is -2.60. The summed E-state index contributed by atoms with van der Waals surface area (Å²) in [4.78, 5) is 0. The van der Waals surface area contributed by atoms with Crippen molar-refractivity contribution in [3.8, 4) is 11.1 Å². The maximum Gasteiger partial charge on any atom is -0.0184 e. The van der Waals surface area contributed by atoms with Gasteiger partial charge in [0.05, 0.1) is 0 Å². The van der Waals surface area contributed by atoms with Gasteiger partial charge in [-0.25, -0.2) is 0 Å². The van der Waals surface area contributed by atoms with Gasteiger partial charge in [0.1, 0.15) is 0 Å². The lowest BCUT2D eigenvalue weighted by atomic mass is 10.0. The molecule has 0 saturated carbocycles. The SMILES string of the molecule is C/C=C\C.C=C/C=C(\C=C)c1ccc(-c2ccccc2)cc1.CC.CC. The first-order valence-corrected chi connectivity index (χ1v) is 9.45. The second kappa shape index (κ2) is 18.7. The minimum atomic E-state index is 1.09. The van der Waals surface area contributed by atoms with Crippen molar-refractivity contribution >= 4 is 5.57 Å². The predicted octanol–water partition coefficient (Wildman–Crippen LogP) is 8.74. The minimum absolute atomic E-state index is 1.09. The summed E-state index contributed by atoms with van der Waals surface area (Å²) in [5, 5.41) is 0. The molecule has 140 valence electrons. The fourth-order valence-corrected chi connectivity index (χ4v) is 1.89. The Balaban J connectivity index is 0. The van der Waals surface area contributed by atoms with Crippen molar-refractivity contribution in [1.29, 1.82) is 0 Å². The van der Waals surface area contributed by atoms with E-state index in [0.29, 0.717) is 0 Å². The van der Waals surface area contributed by atoms with Crippen LogP contribution in [0.3, 0.4) is 0 Å². The summed E-state index contributed by atoms with van der Waals surface area (Å²) in [6.07, 6.45) is 9.59. The number of hydrogen-bond donors (Lipinski definition) is 0. The van der Waals surface area contributed by atoms with Crippen LogP contribution in [-0.4, -0.2) is 0 Å². The zero-order valence-electron chi connectivity index (χ0n) is 17.5. The summed E-state index contributed by atoms with van der Waals surface area (Å²) >= 11 is 0. The molecule has 0 nitrogen and oxygen atoms in total. The predicted molar refractivity (Wildman–Crippen MR) is 123 cm³/mol. The highest BCUT2D eigenvalue weighted by Gasteiger charge is 1.99. The van der Waals surface area contributed by atoms with Crippen LogP contribution in [0.15, 0.2) is 98.1 Å². The molecule has 0 saturated heterocycles. The van der Waals surface area contributed by atoms with Gasteiger partial charge in [-0.1, -0.05) is 126 Å². The van der Waals surface area contributed by atoms with E-state index < -0.39 is 0 Å². The zero-order chi connectivity index (χ0) is 20.2. The number of hydrogen-bond acceptors (Lipinski definition) is 0. The Morgan fingerprint density at radius 2 is 1.15 bits per heavy atom. The summed E-state index contributed by atoms with van der Waals surface area (Å²) in [5.41, 5.74) is 4.70. The van der Waals surface area contributed by atoms with Crippen LogP contribution in [0.4, 0.5) is 0 Å². The van der Waals surface area contributed by atoms with E-state index in [-0.39, 0.29) is 0 Å². The molecule has 0 heterocycles. The second-order valence-electron chi connectivity index (χ2n) is 4.67. The van der Waals surface area contributed by atoms with E-state index in [1.54, 1.807) is 6.08 Å². The Labute approximate surface area is 162 Å². The second-order valence-corrected chi connectivity index (χ2v) is 4.67. The number of allylic oxidation sites excluding steroid dienone is 6. The monoisotopic (exact) mass is 348 g/mol. The largest absolute Gasteiger partial charge is 0.0990 e. The van der Waals surface area contributed by atoms with Gasteiger partial charge >= 0.3 is 0 Å². The average Bonchev–Trinajstić information content (AvgIpc) is 2.76. The molecule has 0 spiro atoms. The minimum Gasteiger partial charge on any atom is -0.0990 e. The smallest absolute Gasteiger partial charge is 0.0184 e. The fraction of sp³-hybridized carbons (Fsp3) is 0.231. The summed E-state index contributed by atoms with van der Waals surface area (Å²) in [7, 11) is 0. The van der Waals surface area contributed by atoms with Gasteiger partial charge in [-0.2, -0.15) is 0 Å². The van der Waals surface area contributed by atoms with Crippen molar-refractivity contribution in [2.45, 2.75) is 41.5 Å². The molecule has 0 amide bonds. The third-order valence-electron chi connectivity index (χ3n) is 3.18. The molecule has 0 aliphatic heterocycles. The van der Waals surface area contributed by atoms with E-state index in [4.69, 9.17) is 0 Å². The molecule has 2 aromatic rings. The van der Waals surface area contributed by atoms with Gasteiger partial charge in [0, 0.05) is 0 Å². The van der Waals surface area contributed by atoms with E-state index in [1.165, 1.54) is 11.1 Å². The van der Waals surface area contributed by atoms with Crippen molar-refractivity contribution in [2.75, 3.05) is 0 Å². The molecule has 0 radical (unpaired) electrons. The topological polar surface area (TPSA) is 0 Å². The first-order valence-electron chi connectivity index (χ1n) is 9.45. The van der Waals surface area contributed by atoms with E-state index in [9.17, 15) is 0 Å². The number of benzene rings is 2. The summed E-state index contributed by atoms with van der Waals surface area (Å²) in [5.74, 6) is 0. The van der Waals surface area contributed by atoms with Crippen molar-refractivity contribution in [1.82, 2.24) is 0 Å². The molecule has 0 heteroatoms. The van der Waals surface area contributed by atoms with Crippen LogP contribution in [-0.2, 0) is 0 Å². The third kappa shape index (κ3) is 10.3. The van der Waals surface area contributed by atoms with E-state index >= 15 is 0 Å². The Morgan fingerprint density at radius 1 is 0.692 bits per heavy atom. The summed E-state index contributed by atoms with van der Waals surface area (Å²) in [6, 6.07) is 18.8. The lowest BCUT2D eigenvalue weighted by Gasteiger charge is -2.05. The van der Waals surface area contributed by atoms with Gasteiger partial charge < -0.3 is 0 Å². The zero-order valence-corrected chi connectivity index (χ0v) is 17.5.